The maximum absolute atomic E-state index is 13.8. The lowest BCUT2D eigenvalue weighted by Crippen LogP contribution is -2.52. The number of sulfonamides is 1. The van der Waals surface area contributed by atoms with E-state index in [1.54, 1.807) is 49.6 Å². The van der Waals surface area contributed by atoms with E-state index in [-0.39, 0.29) is 12.5 Å². The van der Waals surface area contributed by atoms with Crippen molar-refractivity contribution in [2.45, 2.75) is 39.3 Å². The summed E-state index contributed by atoms with van der Waals surface area (Å²) in [4.78, 5) is 28.3. The maximum Gasteiger partial charge on any atom is 0.244 e. The van der Waals surface area contributed by atoms with Crippen LogP contribution < -0.4 is 19.1 Å². The van der Waals surface area contributed by atoms with Crippen molar-refractivity contribution in [2.24, 2.45) is 0 Å². The summed E-state index contributed by atoms with van der Waals surface area (Å²) in [5.74, 6) is 0.993. The van der Waals surface area contributed by atoms with E-state index in [9.17, 15) is 18.0 Å². The van der Waals surface area contributed by atoms with Gasteiger partial charge in [0.2, 0.25) is 21.8 Å². The fourth-order valence-corrected chi connectivity index (χ4v) is 5.02. The van der Waals surface area contributed by atoms with E-state index in [1.165, 1.54) is 4.90 Å². The third kappa shape index (κ3) is 8.47. The molecule has 1 N–H and O–H groups in total. The third-order valence-electron chi connectivity index (χ3n) is 6.21. The normalized spacial score (nSPS) is 11.8. The minimum absolute atomic E-state index is 0.107. The first-order valence-electron chi connectivity index (χ1n) is 13.2. The molecule has 214 valence electrons. The SMILES string of the molecule is CCCNC(=O)C(CC)N(Cc1cccc(OC)c1)C(=O)CN(c1ccc(Oc2ccccc2)cc1)S(C)(=O)=O. The van der Waals surface area contributed by atoms with Crippen LogP contribution in [0, 0.1) is 0 Å². The van der Waals surface area contributed by atoms with Crippen LogP contribution in [0.1, 0.15) is 32.3 Å². The molecule has 10 heteroatoms. The van der Waals surface area contributed by atoms with Crippen LogP contribution in [0.3, 0.4) is 0 Å². The highest BCUT2D eigenvalue weighted by Crippen LogP contribution is 2.26. The van der Waals surface area contributed by atoms with Crippen molar-refractivity contribution in [3.63, 3.8) is 0 Å². The number of hydrogen-bond acceptors (Lipinski definition) is 6. The smallest absolute Gasteiger partial charge is 0.244 e. The molecule has 0 radical (unpaired) electrons. The van der Waals surface area contributed by atoms with Gasteiger partial charge in [0.15, 0.2) is 0 Å². The highest BCUT2D eigenvalue weighted by atomic mass is 32.2. The van der Waals surface area contributed by atoms with E-state index in [0.717, 1.165) is 22.5 Å². The fourth-order valence-electron chi connectivity index (χ4n) is 4.17. The summed E-state index contributed by atoms with van der Waals surface area (Å²) in [7, 11) is -2.29. The van der Waals surface area contributed by atoms with Gasteiger partial charge in [-0.25, -0.2) is 8.42 Å². The average molecular weight is 568 g/mol. The first-order valence-corrected chi connectivity index (χ1v) is 15.0. The molecule has 3 rings (SSSR count). The summed E-state index contributed by atoms with van der Waals surface area (Å²) in [6.07, 6.45) is 2.15. The molecule has 0 saturated carbocycles. The minimum Gasteiger partial charge on any atom is -0.497 e. The van der Waals surface area contributed by atoms with Crippen molar-refractivity contribution in [3.8, 4) is 17.2 Å². The summed E-state index contributed by atoms with van der Waals surface area (Å²) >= 11 is 0. The molecule has 0 heterocycles. The van der Waals surface area contributed by atoms with E-state index in [1.807, 2.05) is 50.2 Å². The van der Waals surface area contributed by atoms with Crippen molar-refractivity contribution in [1.82, 2.24) is 10.2 Å². The molecule has 9 nitrogen and oxygen atoms in total. The van der Waals surface area contributed by atoms with Gasteiger partial charge in [-0.3, -0.25) is 13.9 Å². The Hall–Kier alpha value is -4.05. The molecule has 0 fully saturated rings. The van der Waals surface area contributed by atoms with Gasteiger partial charge < -0.3 is 19.7 Å². The number of ether oxygens (including phenoxy) is 2. The second-order valence-corrected chi connectivity index (χ2v) is 11.2. The van der Waals surface area contributed by atoms with Crippen LogP contribution in [-0.4, -0.2) is 57.6 Å². The van der Waals surface area contributed by atoms with Crippen molar-refractivity contribution < 1.29 is 27.5 Å². The van der Waals surface area contributed by atoms with Gasteiger partial charge in [0.1, 0.15) is 29.8 Å². The Morgan fingerprint density at radius 3 is 2.15 bits per heavy atom. The Balaban J connectivity index is 1.89. The van der Waals surface area contributed by atoms with Gasteiger partial charge in [-0.1, -0.05) is 44.2 Å². The second kappa shape index (κ2) is 14.4. The van der Waals surface area contributed by atoms with Crippen LogP contribution in [0.5, 0.6) is 17.2 Å². The van der Waals surface area contributed by atoms with Gasteiger partial charge in [0.25, 0.3) is 0 Å². The van der Waals surface area contributed by atoms with E-state index in [0.29, 0.717) is 35.9 Å². The van der Waals surface area contributed by atoms with E-state index in [2.05, 4.69) is 5.32 Å². The van der Waals surface area contributed by atoms with Gasteiger partial charge in [-0.05, 0) is 66.9 Å². The first kappa shape index (κ1) is 30.5. The number of hydrogen-bond donors (Lipinski definition) is 1. The largest absolute Gasteiger partial charge is 0.497 e. The lowest BCUT2D eigenvalue weighted by molar-refractivity contribution is -0.140. The zero-order valence-electron chi connectivity index (χ0n) is 23.4. The van der Waals surface area contributed by atoms with Crippen LogP contribution in [-0.2, 0) is 26.2 Å². The van der Waals surface area contributed by atoms with Gasteiger partial charge in [-0.2, -0.15) is 0 Å². The summed E-state index contributed by atoms with van der Waals surface area (Å²) in [5, 5.41) is 2.87. The van der Waals surface area contributed by atoms with Crippen molar-refractivity contribution >= 4 is 27.5 Å². The molecular weight excluding hydrogens is 530 g/mol. The summed E-state index contributed by atoms with van der Waals surface area (Å²) in [6, 6.07) is 22.1. The fraction of sp³-hybridized carbons (Fsp3) is 0.333. The van der Waals surface area contributed by atoms with Crippen molar-refractivity contribution in [1.29, 1.82) is 0 Å². The molecule has 3 aromatic rings. The highest BCUT2D eigenvalue weighted by molar-refractivity contribution is 7.92. The number of methoxy groups -OCH3 is 1. The van der Waals surface area contributed by atoms with Crippen LogP contribution in [0.15, 0.2) is 78.9 Å². The van der Waals surface area contributed by atoms with E-state index < -0.39 is 28.5 Å². The van der Waals surface area contributed by atoms with E-state index >= 15 is 0 Å². The number of para-hydroxylation sites is 1. The van der Waals surface area contributed by atoms with Gasteiger partial charge in [-0.15, -0.1) is 0 Å². The number of nitrogens with zero attached hydrogens (tertiary/aromatic N) is 2. The summed E-state index contributed by atoms with van der Waals surface area (Å²) < 4.78 is 37.9. The highest BCUT2D eigenvalue weighted by Gasteiger charge is 2.31. The standard InChI is InChI=1S/C30H37N3O6S/c1-5-19-31-30(35)28(6-2)32(21-23-11-10-14-27(20-23)38-3)29(34)22-33(40(4,36)37)24-15-17-26(18-16-24)39-25-12-8-7-9-13-25/h7-18,20,28H,5-6,19,21-22H2,1-4H3,(H,31,35). The topological polar surface area (TPSA) is 105 Å². The van der Waals surface area contributed by atoms with Crippen LogP contribution >= 0.6 is 0 Å². The first-order chi connectivity index (χ1) is 19.2. The molecule has 1 unspecified atom stereocenters. The Labute approximate surface area is 236 Å². The zero-order chi connectivity index (χ0) is 29.1. The summed E-state index contributed by atoms with van der Waals surface area (Å²) in [5.41, 5.74) is 1.06. The number of amides is 2. The maximum atomic E-state index is 13.8. The van der Waals surface area contributed by atoms with Gasteiger partial charge in [0.05, 0.1) is 19.1 Å². The zero-order valence-corrected chi connectivity index (χ0v) is 24.2. The van der Waals surface area contributed by atoms with Crippen LogP contribution in [0.25, 0.3) is 0 Å². The molecule has 0 bridgehead atoms. The predicted octanol–water partition coefficient (Wildman–Crippen LogP) is 4.59. The molecule has 2 amide bonds. The molecule has 1 atom stereocenters. The monoisotopic (exact) mass is 567 g/mol. The molecule has 0 aliphatic carbocycles. The van der Waals surface area contributed by atoms with E-state index in [4.69, 9.17) is 9.47 Å². The minimum atomic E-state index is -3.84. The molecule has 0 spiro atoms. The number of nitrogens with one attached hydrogen (secondary N) is 1. The van der Waals surface area contributed by atoms with Crippen molar-refractivity contribution in [3.05, 3.63) is 84.4 Å². The molecule has 40 heavy (non-hydrogen) atoms. The van der Waals surface area contributed by atoms with Crippen LogP contribution in [0.2, 0.25) is 0 Å². The predicted molar refractivity (Wildman–Crippen MR) is 156 cm³/mol. The summed E-state index contributed by atoms with van der Waals surface area (Å²) in [6.45, 7) is 3.88. The number of carbonyl (C=O) groups excluding carboxylic acids is 2. The number of rotatable bonds is 14. The Kier molecular flexibility index (Phi) is 11.0. The van der Waals surface area contributed by atoms with Gasteiger partial charge in [0, 0.05) is 13.1 Å². The molecule has 0 aromatic heterocycles. The molecular formula is C30H37N3O6S. The molecule has 3 aromatic carbocycles. The van der Waals surface area contributed by atoms with Crippen molar-refractivity contribution in [2.75, 3.05) is 30.8 Å². The second-order valence-electron chi connectivity index (χ2n) is 9.27. The quantitative estimate of drug-likeness (QED) is 0.306. The lowest BCUT2D eigenvalue weighted by Gasteiger charge is -2.33. The Morgan fingerprint density at radius 1 is 0.900 bits per heavy atom. The van der Waals surface area contributed by atoms with Crippen LogP contribution in [0.4, 0.5) is 5.69 Å². The van der Waals surface area contributed by atoms with Gasteiger partial charge >= 0.3 is 0 Å². The molecule has 0 aliphatic heterocycles. The number of carbonyl (C=O) groups is 2. The Bertz CT molecular complexity index is 1360. The third-order valence-corrected chi connectivity index (χ3v) is 7.35. The Morgan fingerprint density at radius 2 is 1.55 bits per heavy atom. The molecule has 0 saturated heterocycles. The average Bonchev–Trinajstić information content (AvgIpc) is 2.95. The lowest BCUT2D eigenvalue weighted by atomic mass is 10.1. The number of benzene rings is 3. The number of anilines is 1. The molecule has 0 aliphatic rings.